The van der Waals surface area contributed by atoms with Gasteiger partial charge in [0.2, 0.25) is 5.97 Å². The Labute approximate surface area is 47.8 Å². The van der Waals surface area contributed by atoms with Crippen molar-refractivity contribution in [1.82, 2.24) is 5.32 Å². The molecule has 0 aromatic heterocycles. The molecule has 0 aromatic rings. The van der Waals surface area contributed by atoms with Crippen LogP contribution in [-0.4, -0.2) is 24.2 Å². The molecule has 8 heavy (non-hydrogen) atoms. The number of nitrogens with one attached hydrogen (secondary N) is 1. The zero-order chi connectivity index (χ0) is 6.62. The second-order valence-electron chi connectivity index (χ2n) is 1.54. The van der Waals surface area contributed by atoms with Crippen molar-refractivity contribution < 1.29 is 5.11 Å². The van der Waals surface area contributed by atoms with Crippen LogP contribution in [0.25, 0.3) is 0 Å². The molecule has 0 aliphatic carbocycles. The van der Waals surface area contributed by atoms with E-state index in [-0.39, 0.29) is 0 Å². The van der Waals surface area contributed by atoms with Crippen molar-refractivity contribution in [2.75, 3.05) is 13.1 Å². The lowest BCUT2D eigenvalue weighted by atomic mass is 10.6. The minimum absolute atomic E-state index is 0.400. The fraction of sp³-hybridized carbons (Fsp3) is 1.00. The third-order valence-electron chi connectivity index (χ3n) is 0.553. The number of rotatable bonds is 3. The van der Waals surface area contributed by atoms with Crippen molar-refractivity contribution in [2.45, 2.75) is 5.97 Å². The Balaban J connectivity index is 3.11. The molecule has 0 aliphatic heterocycles. The summed E-state index contributed by atoms with van der Waals surface area (Å²) in [5.74, 6) is -1.78. The quantitative estimate of drug-likeness (QED) is 0.256. The van der Waals surface area contributed by atoms with Crippen LogP contribution in [0.4, 0.5) is 0 Å². The molecule has 0 atom stereocenters. The van der Waals surface area contributed by atoms with Gasteiger partial charge < -0.3 is 10.8 Å². The van der Waals surface area contributed by atoms with Gasteiger partial charge in [0, 0.05) is 13.1 Å². The van der Waals surface area contributed by atoms with Crippen LogP contribution in [0.1, 0.15) is 0 Å². The van der Waals surface area contributed by atoms with E-state index in [1.165, 1.54) is 0 Å². The van der Waals surface area contributed by atoms with Crippen LogP contribution < -0.4 is 22.5 Å². The highest BCUT2D eigenvalue weighted by atomic mass is 16.3. The predicted octanol–water partition coefficient (Wildman–Crippen LogP) is -2.94. The Morgan fingerprint density at radius 2 is 2.00 bits per heavy atom. The molecule has 0 fully saturated rings. The maximum absolute atomic E-state index is 8.54. The summed E-state index contributed by atoms with van der Waals surface area (Å²) >= 11 is 0. The highest BCUT2D eigenvalue weighted by Gasteiger charge is 2.09. The van der Waals surface area contributed by atoms with E-state index in [1.54, 1.807) is 0 Å². The summed E-state index contributed by atoms with van der Waals surface area (Å²) in [6.45, 7) is 0.806. The highest BCUT2D eigenvalue weighted by Crippen LogP contribution is 1.68. The van der Waals surface area contributed by atoms with Gasteiger partial charge >= 0.3 is 0 Å². The van der Waals surface area contributed by atoms with Gasteiger partial charge in [0.25, 0.3) is 0 Å². The molecule has 0 heterocycles. The second kappa shape index (κ2) is 2.95. The maximum Gasteiger partial charge on any atom is 0.227 e. The fourth-order valence-corrected chi connectivity index (χ4v) is 0.272. The average Bonchev–Trinajstić information content (AvgIpc) is 1.59. The van der Waals surface area contributed by atoms with Gasteiger partial charge in [0.1, 0.15) is 0 Å². The molecule has 0 saturated heterocycles. The fourth-order valence-electron chi connectivity index (χ4n) is 0.272. The second-order valence-corrected chi connectivity index (χ2v) is 1.54. The molecular weight excluding hydrogens is 108 g/mol. The first-order chi connectivity index (χ1) is 3.56. The van der Waals surface area contributed by atoms with E-state index in [0.717, 1.165) is 0 Å². The van der Waals surface area contributed by atoms with Crippen LogP contribution in [0.5, 0.6) is 0 Å². The number of aliphatic hydroxyl groups is 1. The van der Waals surface area contributed by atoms with Crippen LogP contribution >= 0.6 is 0 Å². The number of hydrogen-bond acceptors (Lipinski definition) is 5. The summed E-state index contributed by atoms with van der Waals surface area (Å²) in [7, 11) is 0. The molecule has 0 rings (SSSR count). The van der Waals surface area contributed by atoms with Gasteiger partial charge in [0.15, 0.2) is 0 Å². The van der Waals surface area contributed by atoms with Gasteiger partial charge in [-0.2, -0.15) is 0 Å². The molecule has 0 saturated carbocycles. The lowest BCUT2D eigenvalue weighted by molar-refractivity contribution is 0.0192. The lowest BCUT2D eigenvalue weighted by Gasteiger charge is -2.17. The van der Waals surface area contributed by atoms with Crippen molar-refractivity contribution in [3.05, 3.63) is 0 Å². The van der Waals surface area contributed by atoms with Crippen LogP contribution in [0.3, 0.4) is 0 Å². The molecular formula is C3H12N4O. The standard InChI is InChI=1S/C3H12N4O/c4-1-2-7-3(5,6)8/h7-8H,1-2,4-6H2. The first kappa shape index (κ1) is 7.80. The zero-order valence-electron chi connectivity index (χ0n) is 4.59. The van der Waals surface area contributed by atoms with E-state index >= 15 is 0 Å². The lowest BCUT2D eigenvalue weighted by Crippen LogP contribution is -2.62. The van der Waals surface area contributed by atoms with E-state index in [9.17, 15) is 0 Å². The van der Waals surface area contributed by atoms with Gasteiger partial charge in [-0.3, -0.25) is 16.8 Å². The highest BCUT2D eigenvalue weighted by molar-refractivity contribution is 4.56. The van der Waals surface area contributed by atoms with Crippen molar-refractivity contribution in [3.8, 4) is 0 Å². The molecule has 0 spiro atoms. The van der Waals surface area contributed by atoms with Crippen molar-refractivity contribution in [2.24, 2.45) is 17.2 Å². The van der Waals surface area contributed by atoms with Gasteiger partial charge in [-0.25, -0.2) is 0 Å². The first-order valence-electron chi connectivity index (χ1n) is 2.31. The molecule has 0 aromatic carbocycles. The Hall–Kier alpha value is -0.200. The smallest absolute Gasteiger partial charge is 0.227 e. The van der Waals surface area contributed by atoms with Crippen LogP contribution in [-0.2, 0) is 0 Å². The summed E-state index contributed by atoms with van der Waals surface area (Å²) in [5.41, 5.74) is 14.8. The maximum atomic E-state index is 8.54. The summed E-state index contributed by atoms with van der Waals surface area (Å²) in [4.78, 5) is 0. The van der Waals surface area contributed by atoms with E-state index < -0.39 is 5.97 Å². The Bertz CT molecular complexity index is 58.8. The largest absolute Gasteiger partial charge is 0.351 e. The molecule has 5 nitrogen and oxygen atoms in total. The Morgan fingerprint density at radius 3 is 2.12 bits per heavy atom. The zero-order valence-corrected chi connectivity index (χ0v) is 4.59. The molecule has 8 N–H and O–H groups in total. The topological polar surface area (TPSA) is 110 Å². The summed E-state index contributed by atoms with van der Waals surface area (Å²) < 4.78 is 0. The molecule has 0 aliphatic rings. The normalized spacial score (nSPS) is 12.0. The van der Waals surface area contributed by atoms with Crippen molar-refractivity contribution in [3.63, 3.8) is 0 Å². The molecule has 0 radical (unpaired) electrons. The summed E-state index contributed by atoms with van der Waals surface area (Å²) in [6.07, 6.45) is 0. The van der Waals surface area contributed by atoms with E-state index in [2.05, 4.69) is 5.32 Å². The summed E-state index contributed by atoms with van der Waals surface area (Å²) in [5, 5.41) is 10.9. The van der Waals surface area contributed by atoms with Crippen molar-refractivity contribution in [1.29, 1.82) is 0 Å². The van der Waals surface area contributed by atoms with Gasteiger partial charge in [-0.15, -0.1) is 0 Å². The minimum atomic E-state index is -1.78. The monoisotopic (exact) mass is 120 g/mol. The third-order valence-corrected chi connectivity index (χ3v) is 0.553. The van der Waals surface area contributed by atoms with E-state index in [4.69, 9.17) is 22.3 Å². The molecule has 0 amide bonds. The van der Waals surface area contributed by atoms with Gasteiger partial charge in [-0.1, -0.05) is 0 Å². The average molecular weight is 120 g/mol. The molecule has 0 unspecified atom stereocenters. The van der Waals surface area contributed by atoms with Crippen molar-refractivity contribution >= 4 is 0 Å². The van der Waals surface area contributed by atoms with E-state index in [0.29, 0.717) is 13.1 Å². The number of hydrogen-bond donors (Lipinski definition) is 5. The van der Waals surface area contributed by atoms with Crippen LogP contribution in [0.2, 0.25) is 0 Å². The predicted molar refractivity (Wildman–Crippen MR) is 30.4 cm³/mol. The summed E-state index contributed by atoms with van der Waals surface area (Å²) in [6, 6.07) is 0. The first-order valence-corrected chi connectivity index (χ1v) is 2.31. The van der Waals surface area contributed by atoms with E-state index in [1.807, 2.05) is 0 Å². The number of nitrogens with two attached hydrogens (primary N) is 3. The Morgan fingerprint density at radius 1 is 1.50 bits per heavy atom. The Kier molecular flexibility index (Phi) is 2.88. The van der Waals surface area contributed by atoms with Crippen LogP contribution in [0.15, 0.2) is 0 Å². The SMILES string of the molecule is NCCNC(N)(N)O. The molecule has 0 bridgehead atoms. The van der Waals surface area contributed by atoms with Gasteiger partial charge in [-0.05, 0) is 0 Å². The minimum Gasteiger partial charge on any atom is -0.351 e. The van der Waals surface area contributed by atoms with Gasteiger partial charge in [0.05, 0.1) is 0 Å². The molecule has 50 valence electrons. The third kappa shape index (κ3) is 5.80. The molecule has 5 heteroatoms. The van der Waals surface area contributed by atoms with Crippen LogP contribution in [0, 0.1) is 0 Å².